The molecule has 74 valence electrons. The van der Waals surface area contributed by atoms with E-state index in [4.69, 9.17) is 4.42 Å². The van der Waals surface area contributed by atoms with Crippen molar-refractivity contribution >= 4 is 11.0 Å². The Bertz CT molecular complexity index is 596. The molecule has 0 atom stereocenters. The molecule has 0 spiro atoms. The van der Waals surface area contributed by atoms with Crippen molar-refractivity contribution in [2.24, 2.45) is 0 Å². The first-order valence-corrected chi connectivity index (χ1v) is 4.55. The average Bonchev–Trinajstić information content (AvgIpc) is 2.84. The van der Waals surface area contributed by atoms with Crippen molar-refractivity contribution in [3.05, 3.63) is 36.6 Å². The van der Waals surface area contributed by atoms with Crippen molar-refractivity contribution in [3.8, 4) is 17.3 Å². The molecule has 2 N–H and O–H groups in total. The molecular formula is C11H8N2O2. The number of nitrogens with zero attached hydrogens (tertiary/aromatic N) is 1. The summed E-state index contributed by atoms with van der Waals surface area (Å²) in [5.41, 5.74) is 1.60. The van der Waals surface area contributed by atoms with Gasteiger partial charge in [-0.3, -0.25) is 0 Å². The maximum Gasteiger partial charge on any atom is 0.174 e. The highest BCUT2D eigenvalue weighted by Crippen LogP contribution is 2.23. The van der Waals surface area contributed by atoms with Gasteiger partial charge >= 0.3 is 0 Å². The van der Waals surface area contributed by atoms with Crippen molar-refractivity contribution < 1.29 is 9.52 Å². The first kappa shape index (κ1) is 8.11. The van der Waals surface area contributed by atoms with E-state index in [1.165, 1.54) is 0 Å². The minimum atomic E-state index is 0.220. The Kier molecular flexibility index (Phi) is 1.56. The minimum absolute atomic E-state index is 0.220. The predicted molar refractivity (Wildman–Crippen MR) is 55.5 cm³/mol. The molecule has 15 heavy (non-hydrogen) atoms. The Morgan fingerprint density at radius 3 is 3.00 bits per heavy atom. The second-order valence-corrected chi connectivity index (χ2v) is 3.26. The fraction of sp³-hybridized carbons (Fsp3) is 0. The Morgan fingerprint density at radius 2 is 2.20 bits per heavy atom. The van der Waals surface area contributed by atoms with E-state index in [-0.39, 0.29) is 5.75 Å². The molecular weight excluding hydrogens is 192 g/mol. The van der Waals surface area contributed by atoms with Crippen LogP contribution in [0.25, 0.3) is 22.6 Å². The number of aromatic amines is 1. The number of rotatable bonds is 1. The van der Waals surface area contributed by atoms with Gasteiger partial charge in [-0.15, -0.1) is 0 Å². The summed E-state index contributed by atoms with van der Waals surface area (Å²) in [6, 6.07) is 8.63. The van der Waals surface area contributed by atoms with E-state index in [1.54, 1.807) is 30.5 Å². The molecule has 0 saturated carbocycles. The SMILES string of the molecule is Oc1ccc2nc(-c3ccco3)[nH]c2c1. The Balaban J connectivity index is 2.22. The summed E-state index contributed by atoms with van der Waals surface area (Å²) >= 11 is 0. The number of H-pyrrole nitrogens is 1. The number of imidazole rings is 1. The monoisotopic (exact) mass is 200 g/mol. The number of fused-ring (bicyclic) bond motifs is 1. The van der Waals surface area contributed by atoms with Gasteiger partial charge < -0.3 is 14.5 Å². The van der Waals surface area contributed by atoms with Gasteiger partial charge in [0.1, 0.15) is 5.75 Å². The van der Waals surface area contributed by atoms with Crippen LogP contribution in [0.15, 0.2) is 41.0 Å². The zero-order valence-corrected chi connectivity index (χ0v) is 7.77. The normalized spacial score (nSPS) is 10.9. The molecule has 3 rings (SSSR count). The van der Waals surface area contributed by atoms with Crippen LogP contribution >= 0.6 is 0 Å². The van der Waals surface area contributed by atoms with E-state index in [2.05, 4.69) is 9.97 Å². The molecule has 0 amide bonds. The van der Waals surface area contributed by atoms with Crippen molar-refractivity contribution in [2.45, 2.75) is 0 Å². The Labute approximate surface area is 85.2 Å². The number of benzene rings is 1. The van der Waals surface area contributed by atoms with Crippen LogP contribution in [0.3, 0.4) is 0 Å². The van der Waals surface area contributed by atoms with Crippen LogP contribution in [-0.2, 0) is 0 Å². The van der Waals surface area contributed by atoms with E-state index < -0.39 is 0 Å². The summed E-state index contributed by atoms with van der Waals surface area (Å²) in [6.07, 6.45) is 1.60. The topological polar surface area (TPSA) is 62.1 Å². The fourth-order valence-corrected chi connectivity index (χ4v) is 1.53. The van der Waals surface area contributed by atoms with Gasteiger partial charge in [0.05, 0.1) is 17.3 Å². The molecule has 0 aliphatic carbocycles. The van der Waals surface area contributed by atoms with Crippen molar-refractivity contribution in [3.63, 3.8) is 0 Å². The van der Waals surface area contributed by atoms with E-state index in [1.807, 2.05) is 6.07 Å². The van der Waals surface area contributed by atoms with E-state index >= 15 is 0 Å². The van der Waals surface area contributed by atoms with Gasteiger partial charge in [0.25, 0.3) is 0 Å². The summed E-state index contributed by atoms with van der Waals surface area (Å²) in [6.45, 7) is 0. The van der Waals surface area contributed by atoms with Crippen LogP contribution in [0.5, 0.6) is 5.75 Å². The summed E-state index contributed by atoms with van der Waals surface area (Å²) < 4.78 is 5.22. The lowest BCUT2D eigenvalue weighted by Gasteiger charge is -1.88. The molecule has 0 fully saturated rings. The highest BCUT2D eigenvalue weighted by atomic mass is 16.3. The second kappa shape index (κ2) is 2.88. The van der Waals surface area contributed by atoms with Crippen molar-refractivity contribution in [2.75, 3.05) is 0 Å². The minimum Gasteiger partial charge on any atom is -0.508 e. The number of aromatic nitrogens is 2. The van der Waals surface area contributed by atoms with E-state index in [9.17, 15) is 5.11 Å². The zero-order chi connectivity index (χ0) is 10.3. The second-order valence-electron chi connectivity index (χ2n) is 3.26. The lowest BCUT2D eigenvalue weighted by molar-refractivity contribution is 0.476. The lowest BCUT2D eigenvalue weighted by atomic mass is 10.3. The molecule has 1 aromatic carbocycles. The van der Waals surface area contributed by atoms with E-state index in [0.717, 1.165) is 11.0 Å². The highest BCUT2D eigenvalue weighted by molar-refractivity contribution is 5.79. The van der Waals surface area contributed by atoms with Gasteiger partial charge in [0, 0.05) is 6.07 Å². The summed E-state index contributed by atoms with van der Waals surface area (Å²) in [4.78, 5) is 7.41. The standard InChI is InChI=1S/C11H8N2O2/c14-7-3-4-8-9(6-7)13-11(12-8)10-2-1-5-15-10/h1-6,14H,(H,12,13). The molecule has 0 aliphatic rings. The molecule has 4 heteroatoms. The summed E-state index contributed by atoms with van der Waals surface area (Å²) in [5, 5.41) is 9.30. The number of hydrogen-bond donors (Lipinski definition) is 2. The summed E-state index contributed by atoms with van der Waals surface area (Å²) in [7, 11) is 0. The number of hydrogen-bond acceptors (Lipinski definition) is 3. The van der Waals surface area contributed by atoms with Crippen molar-refractivity contribution in [1.29, 1.82) is 0 Å². The quantitative estimate of drug-likeness (QED) is 0.634. The number of furan rings is 1. The number of aromatic hydroxyl groups is 1. The van der Waals surface area contributed by atoms with Gasteiger partial charge in [0.15, 0.2) is 11.6 Å². The van der Waals surface area contributed by atoms with Gasteiger partial charge in [-0.1, -0.05) is 0 Å². The third kappa shape index (κ3) is 1.27. The third-order valence-electron chi connectivity index (χ3n) is 2.22. The van der Waals surface area contributed by atoms with Crippen molar-refractivity contribution in [1.82, 2.24) is 9.97 Å². The van der Waals surface area contributed by atoms with Crippen LogP contribution in [0.4, 0.5) is 0 Å². The number of phenols is 1. The molecule has 0 unspecified atom stereocenters. The van der Waals surface area contributed by atoms with Crippen LogP contribution in [0.1, 0.15) is 0 Å². The zero-order valence-electron chi connectivity index (χ0n) is 7.77. The van der Waals surface area contributed by atoms with Crippen LogP contribution in [0.2, 0.25) is 0 Å². The first-order chi connectivity index (χ1) is 7.33. The fourth-order valence-electron chi connectivity index (χ4n) is 1.53. The third-order valence-corrected chi connectivity index (χ3v) is 2.22. The smallest absolute Gasteiger partial charge is 0.174 e. The lowest BCUT2D eigenvalue weighted by Crippen LogP contribution is -1.73. The molecule has 0 aliphatic heterocycles. The maximum absolute atomic E-state index is 9.30. The number of nitrogens with one attached hydrogen (secondary N) is 1. The van der Waals surface area contributed by atoms with Crippen LogP contribution in [-0.4, -0.2) is 15.1 Å². The van der Waals surface area contributed by atoms with Crippen LogP contribution < -0.4 is 0 Å². The molecule has 0 bridgehead atoms. The highest BCUT2D eigenvalue weighted by Gasteiger charge is 2.07. The number of phenolic OH excluding ortho intramolecular Hbond substituents is 1. The molecule has 2 heterocycles. The van der Waals surface area contributed by atoms with Gasteiger partial charge in [-0.2, -0.15) is 0 Å². The van der Waals surface area contributed by atoms with Crippen LogP contribution in [0, 0.1) is 0 Å². The van der Waals surface area contributed by atoms with E-state index in [0.29, 0.717) is 11.6 Å². The van der Waals surface area contributed by atoms with Gasteiger partial charge in [-0.25, -0.2) is 4.98 Å². The van der Waals surface area contributed by atoms with Gasteiger partial charge in [-0.05, 0) is 24.3 Å². The molecule has 2 aromatic heterocycles. The Morgan fingerprint density at radius 1 is 1.27 bits per heavy atom. The first-order valence-electron chi connectivity index (χ1n) is 4.55. The van der Waals surface area contributed by atoms with Gasteiger partial charge in [0.2, 0.25) is 0 Å². The average molecular weight is 200 g/mol. The summed E-state index contributed by atoms with van der Waals surface area (Å²) in [5.74, 6) is 1.57. The molecule has 0 saturated heterocycles. The molecule has 4 nitrogen and oxygen atoms in total. The maximum atomic E-state index is 9.30. The molecule has 3 aromatic rings. The largest absolute Gasteiger partial charge is 0.508 e. The Hall–Kier alpha value is -2.23. The molecule has 0 radical (unpaired) electrons. The predicted octanol–water partition coefficient (Wildman–Crippen LogP) is 2.53.